The molecule has 0 saturated carbocycles. The van der Waals surface area contributed by atoms with Crippen LogP contribution in [0.5, 0.6) is 5.75 Å². The first kappa shape index (κ1) is 11.4. The molecule has 0 spiro atoms. The van der Waals surface area contributed by atoms with Crippen molar-refractivity contribution in [1.82, 2.24) is 0 Å². The molecule has 0 aliphatic carbocycles. The topological polar surface area (TPSA) is 35.1 Å². The van der Waals surface area contributed by atoms with E-state index < -0.39 is 0 Å². The van der Waals surface area contributed by atoms with E-state index in [1.165, 1.54) is 5.56 Å². The van der Waals surface area contributed by atoms with Gasteiger partial charge in [-0.05, 0) is 12.1 Å². The Morgan fingerprint density at radius 2 is 2.31 bits per heavy atom. The molecule has 0 unspecified atom stereocenters. The molecule has 88 valence electrons. The SMILES string of the molecule is COCCC[NH2+][C@@H]1CCOc2ccccc21. The fourth-order valence-corrected chi connectivity index (χ4v) is 2.16. The average molecular weight is 222 g/mol. The Labute approximate surface area is 96.8 Å². The number of methoxy groups -OCH3 is 1. The van der Waals surface area contributed by atoms with Crippen molar-refractivity contribution in [2.24, 2.45) is 0 Å². The second-order valence-electron chi connectivity index (χ2n) is 4.15. The summed E-state index contributed by atoms with van der Waals surface area (Å²) in [6.45, 7) is 2.80. The van der Waals surface area contributed by atoms with Crippen LogP contribution in [0.3, 0.4) is 0 Å². The van der Waals surface area contributed by atoms with Gasteiger partial charge in [-0.2, -0.15) is 0 Å². The van der Waals surface area contributed by atoms with Gasteiger partial charge in [0, 0.05) is 20.0 Å². The number of para-hydroxylation sites is 1. The lowest BCUT2D eigenvalue weighted by molar-refractivity contribution is -0.698. The molecule has 1 heterocycles. The predicted octanol–water partition coefficient (Wildman–Crippen LogP) is 1.11. The van der Waals surface area contributed by atoms with Gasteiger partial charge in [-0.1, -0.05) is 12.1 Å². The maximum Gasteiger partial charge on any atom is 0.128 e. The molecule has 0 aromatic heterocycles. The van der Waals surface area contributed by atoms with Crippen molar-refractivity contribution in [2.45, 2.75) is 18.9 Å². The van der Waals surface area contributed by atoms with E-state index in [0.29, 0.717) is 6.04 Å². The first-order valence-corrected chi connectivity index (χ1v) is 5.96. The van der Waals surface area contributed by atoms with E-state index >= 15 is 0 Å². The molecular formula is C13H20NO2+. The van der Waals surface area contributed by atoms with Gasteiger partial charge in [0.05, 0.1) is 25.3 Å². The van der Waals surface area contributed by atoms with Gasteiger partial charge in [0.1, 0.15) is 11.8 Å². The third kappa shape index (κ3) is 2.74. The molecule has 1 aromatic rings. The van der Waals surface area contributed by atoms with Gasteiger partial charge in [0.2, 0.25) is 0 Å². The molecule has 1 aliphatic rings. The lowest BCUT2D eigenvalue weighted by atomic mass is 10.0. The Hall–Kier alpha value is -1.06. The summed E-state index contributed by atoms with van der Waals surface area (Å²) in [6, 6.07) is 8.91. The Morgan fingerprint density at radius 3 is 3.19 bits per heavy atom. The van der Waals surface area contributed by atoms with Crippen molar-refractivity contribution in [3.05, 3.63) is 29.8 Å². The van der Waals surface area contributed by atoms with Gasteiger partial charge in [-0.25, -0.2) is 0 Å². The zero-order valence-corrected chi connectivity index (χ0v) is 9.82. The summed E-state index contributed by atoms with van der Waals surface area (Å²) >= 11 is 0. The Kier molecular flexibility index (Phi) is 4.19. The van der Waals surface area contributed by atoms with Crippen molar-refractivity contribution in [2.75, 3.05) is 26.9 Å². The van der Waals surface area contributed by atoms with Gasteiger partial charge in [-0.3, -0.25) is 0 Å². The number of nitrogens with two attached hydrogens (primary N) is 1. The highest BCUT2D eigenvalue weighted by molar-refractivity contribution is 5.36. The number of hydrogen-bond donors (Lipinski definition) is 1. The van der Waals surface area contributed by atoms with E-state index in [2.05, 4.69) is 23.5 Å². The van der Waals surface area contributed by atoms with Gasteiger partial charge in [-0.15, -0.1) is 0 Å². The number of rotatable bonds is 5. The Balaban J connectivity index is 1.91. The molecule has 16 heavy (non-hydrogen) atoms. The first-order chi connectivity index (χ1) is 7.92. The lowest BCUT2D eigenvalue weighted by Crippen LogP contribution is -2.85. The summed E-state index contributed by atoms with van der Waals surface area (Å²) in [4.78, 5) is 0. The van der Waals surface area contributed by atoms with Crippen LogP contribution in [0.2, 0.25) is 0 Å². The quantitative estimate of drug-likeness (QED) is 0.757. The van der Waals surface area contributed by atoms with Gasteiger partial charge < -0.3 is 14.8 Å². The maximum atomic E-state index is 5.64. The first-order valence-electron chi connectivity index (χ1n) is 5.96. The molecular weight excluding hydrogens is 202 g/mol. The summed E-state index contributed by atoms with van der Waals surface area (Å²) in [5.41, 5.74) is 1.34. The van der Waals surface area contributed by atoms with E-state index in [-0.39, 0.29) is 0 Å². The van der Waals surface area contributed by atoms with E-state index in [0.717, 1.165) is 38.3 Å². The summed E-state index contributed by atoms with van der Waals surface area (Å²) in [5.74, 6) is 1.06. The van der Waals surface area contributed by atoms with Gasteiger partial charge in [0.25, 0.3) is 0 Å². The third-order valence-corrected chi connectivity index (χ3v) is 3.01. The second kappa shape index (κ2) is 5.87. The summed E-state index contributed by atoms with van der Waals surface area (Å²) in [5, 5.41) is 2.40. The van der Waals surface area contributed by atoms with E-state index in [1.807, 2.05) is 6.07 Å². The van der Waals surface area contributed by atoms with Crippen LogP contribution < -0.4 is 10.1 Å². The van der Waals surface area contributed by atoms with Crippen LogP contribution >= 0.6 is 0 Å². The maximum absolute atomic E-state index is 5.64. The molecule has 0 bridgehead atoms. The number of benzene rings is 1. The fraction of sp³-hybridized carbons (Fsp3) is 0.538. The minimum atomic E-state index is 0.557. The molecule has 0 fully saturated rings. The Morgan fingerprint density at radius 1 is 1.44 bits per heavy atom. The van der Waals surface area contributed by atoms with E-state index in [1.54, 1.807) is 7.11 Å². The van der Waals surface area contributed by atoms with Crippen molar-refractivity contribution >= 4 is 0 Å². The van der Waals surface area contributed by atoms with Crippen LogP contribution in [0.25, 0.3) is 0 Å². The molecule has 0 amide bonds. The molecule has 3 heteroatoms. The molecule has 0 saturated heterocycles. The summed E-state index contributed by atoms with van der Waals surface area (Å²) in [7, 11) is 1.75. The number of fused-ring (bicyclic) bond motifs is 1. The number of hydrogen-bond acceptors (Lipinski definition) is 2. The molecule has 2 rings (SSSR count). The predicted molar refractivity (Wildman–Crippen MR) is 62.6 cm³/mol. The smallest absolute Gasteiger partial charge is 0.128 e. The molecule has 2 N–H and O–H groups in total. The van der Waals surface area contributed by atoms with E-state index in [4.69, 9.17) is 9.47 Å². The lowest BCUT2D eigenvalue weighted by Gasteiger charge is -2.24. The van der Waals surface area contributed by atoms with Gasteiger partial charge >= 0.3 is 0 Å². The Bertz CT molecular complexity index is 327. The minimum Gasteiger partial charge on any atom is -0.493 e. The molecule has 1 aromatic carbocycles. The van der Waals surface area contributed by atoms with Crippen LogP contribution in [0.1, 0.15) is 24.4 Å². The van der Waals surface area contributed by atoms with Crippen LogP contribution in [-0.2, 0) is 4.74 Å². The minimum absolute atomic E-state index is 0.557. The normalized spacial score (nSPS) is 18.9. The van der Waals surface area contributed by atoms with Crippen molar-refractivity contribution in [3.63, 3.8) is 0 Å². The number of quaternary nitrogens is 1. The average Bonchev–Trinajstić information content (AvgIpc) is 2.35. The highest BCUT2D eigenvalue weighted by atomic mass is 16.5. The largest absolute Gasteiger partial charge is 0.493 e. The van der Waals surface area contributed by atoms with Crippen molar-refractivity contribution in [1.29, 1.82) is 0 Å². The number of ether oxygens (including phenoxy) is 2. The monoisotopic (exact) mass is 222 g/mol. The van der Waals surface area contributed by atoms with Crippen LogP contribution in [0, 0.1) is 0 Å². The summed E-state index contributed by atoms with van der Waals surface area (Å²) < 4.78 is 10.7. The zero-order chi connectivity index (χ0) is 11.2. The highest BCUT2D eigenvalue weighted by Gasteiger charge is 2.22. The molecule has 1 aliphatic heterocycles. The molecule has 1 atom stereocenters. The standard InChI is InChI=1S/C13H19NO2/c1-15-9-4-8-14-12-7-10-16-13-6-3-2-5-11(12)13/h2-3,5-6,12,14H,4,7-10H2,1H3/p+1/t12-/m1/s1. The van der Waals surface area contributed by atoms with E-state index in [9.17, 15) is 0 Å². The summed E-state index contributed by atoms with van der Waals surface area (Å²) in [6.07, 6.45) is 2.21. The van der Waals surface area contributed by atoms with Crippen molar-refractivity contribution < 1.29 is 14.8 Å². The second-order valence-corrected chi connectivity index (χ2v) is 4.15. The third-order valence-electron chi connectivity index (χ3n) is 3.01. The molecule has 0 radical (unpaired) electrons. The van der Waals surface area contributed by atoms with Gasteiger partial charge in [0.15, 0.2) is 0 Å². The fourth-order valence-electron chi connectivity index (χ4n) is 2.16. The van der Waals surface area contributed by atoms with Crippen LogP contribution in [0.15, 0.2) is 24.3 Å². The van der Waals surface area contributed by atoms with Crippen LogP contribution in [-0.4, -0.2) is 26.9 Å². The molecule has 3 nitrogen and oxygen atoms in total. The van der Waals surface area contributed by atoms with Crippen LogP contribution in [0.4, 0.5) is 0 Å². The van der Waals surface area contributed by atoms with Crippen molar-refractivity contribution in [3.8, 4) is 5.75 Å². The zero-order valence-electron chi connectivity index (χ0n) is 9.82. The highest BCUT2D eigenvalue weighted by Crippen LogP contribution is 2.28.